The fraction of sp³-hybridized carbons (Fsp3) is 0.353. The van der Waals surface area contributed by atoms with Crippen molar-refractivity contribution in [3.8, 4) is 0 Å². The van der Waals surface area contributed by atoms with Gasteiger partial charge in [0, 0.05) is 7.11 Å². The third-order valence-electron chi connectivity index (χ3n) is 4.27. The van der Waals surface area contributed by atoms with E-state index >= 15 is 0 Å². The summed E-state index contributed by atoms with van der Waals surface area (Å²) in [4.78, 5) is 37.2. The minimum Gasteiger partial charge on any atom is -0.543 e. The van der Waals surface area contributed by atoms with Crippen LogP contribution in [0.5, 0.6) is 0 Å². The quantitative estimate of drug-likeness (QED) is 0.322. The van der Waals surface area contributed by atoms with Gasteiger partial charge in [-0.1, -0.05) is 30.3 Å². The van der Waals surface area contributed by atoms with Crippen LogP contribution in [-0.2, 0) is 30.3 Å². The zero-order chi connectivity index (χ0) is 18.2. The number of hydrogen-bond acceptors (Lipinski definition) is 6. The number of carbonyl (C=O) groups is 3. The van der Waals surface area contributed by atoms with Gasteiger partial charge in [-0.2, -0.15) is 0 Å². The third-order valence-corrected chi connectivity index (χ3v) is 4.27. The van der Waals surface area contributed by atoms with Crippen LogP contribution in [0.25, 0.3) is 0 Å². The van der Waals surface area contributed by atoms with Crippen molar-refractivity contribution in [2.75, 3.05) is 13.7 Å². The number of methoxy groups -OCH3 is 1. The van der Waals surface area contributed by atoms with Crippen molar-refractivity contribution in [3.05, 3.63) is 47.2 Å². The molecule has 26 heavy (non-hydrogen) atoms. The molecule has 2 heterocycles. The number of carboxylic acid groups (broad SMARTS) is 1. The molecule has 2 atom stereocenters. The van der Waals surface area contributed by atoms with E-state index in [2.05, 4.69) is 5.32 Å². The Balaban J connectivity index is 0.00000243. The Morgan fingerprint density at radius 3 is 2.62 bits per heavy atom. The molecule has 1 N–H and O–H groups in total. The standard InChI is InChI=1S/C17H18N2O6.Na/c1-10-9-25-16-17(24-2,15(23)19(16)13(10)14(21)22)18-12(20)8-11-6-4-3-5-7-11;/h3-7,16H,8-9H2,1-2H3,(H,18,20)(H,21,22);/q;+1/p-1/t16-,17+;/m1./s1. The van der Waals surface area contributed by atoms with Crippen molar-refractivity contribution in [3.63, 3.8) is 0 Å². The number of nitrogens with zero attached hydrogens (tertiary/aromatic N) is 1. The second kappa shape index (κ2) is 7.89. The number of carbonyl (C=O) groups excluding carboxylic acids is 3. The van der Waals surface area contributed by atoms with E-state index in [9.17, 15) is 19.5 Å². The number of rotatable bonds is 5. The fourth-order valence-corrected chi connectivity index (χ4v) is 3.05. The normalized spacial score (nSPS) is 24.3. The maximum atomic E-state index is 12.6. The molecule has 1 aromatic carbocycles. The summed E-state index contributed by atoms with van der Waals surface area (Å²) in [6.07, 6.45) is -1.00. The number of amides is 2. The van der Waals surface area contributed by atoms with Gasteiger partial charge in [-0.25, -0.2) is 0 Å². The van der Waals surface area contributed by atoms with Crippen LogP contribution < -0.4 is 40.0 Å². The Labute approximate surface area is 172 Å². The number of ether oxygens (including phenoxy) is 2. The van der Waals surface area contributed by atoms with Crippen molar-refractivity contribution in [1.29, 1.82) is 0 Å². The van der Waals surface area contributed by atoms with Crippen molar-refractivity contribution < 1.29 is 58.5 Å². The molecule has 0 aliphatic carbocycles. The number of nitrogens with one attached hydrogen (secondary N) is 1. The summed E-state index contributed by atoms with van der Waals surface area (Å²) < 4.78 is 10.8. The molecule has 9 heteroatoms. The molecule has 0 saturated carbocycles. The van der Waals surface area contributed by atoms with Crippen molar-refractivity contribution >= 4 is 17.8 Å². The van der Waals surface area contributed by atoms with E-state index in [1.54, 1.807) is 24.3 Å². The Morgan fingerprint density at radius 2 is 2.04 bits per heavy atom. The molecule has 0 bridgehead atoms. The molecule has 132 valence electrons. The first-order valence-electron chi connectivity index (χ1n) is 7.67. The molecular weight excluding hydrogens is 351 g/mol. The molecule has 1 aromatic rings. The first-order valence-corrected chi connectivity index (χ1v) is 7.67. The molecule has 1 saturated heterocycles. The van der Waals surface area contributed by atoms with Gasteiger partial charge in [-0.15, -0.1) is 0 Å². The van der Waals surface area contributed by atoms with Crippen LogP contribution in [0.15, 0.2) is 41.6 Å². The van der Waals surface area contributed by atoms with Crippen LogP contribution in [0.1, 0.15) is 12.5 Å². The van der Waals surface area contributed by atoms with E-state index in [0.717, 1.165) is 10.5 Å². The number of carboxylic acids is 1. The smallest absolute Gasteiger partial charge is 0.543 e. The molecule has 2 aliphatic heterocycles. The van der Waals surface area contributed by atoms with E-state index in [1.165, 1.54) is 14.0 Å². The van der Waals surface area contributed by atoms with Gasteiger partial charge in [-0.3, -0.25) is 14.5 Å². The number of hydrogen-bond donors (Lipinski definition) is 1. The van der Waals surface area contributed by atoms with Gasteiger partial charge in [0.2, 0.25) is 5.91 Å². The Bertz CT molecular complexity index is 766. The van der Waals surface area contributed by atoms with Gasteiger partial charge < -0.3 is 24.7 Å². The van der Waals surface area contributed by atoms with E-state index in [4.69, 9.17) is 9.47 Å². The van der Waals surface area contributed by atoms with E-state index in [0.29, 0.717) is 5.57 Å². The number of aliphatic carboxylic acids is 1. The maximum absolute atomic E-state index is 12.6. The minimum absolute atomic E-state index is 0. The van der Waals surface area contributed by atoms with Gasteiger partial charge in [-0.05, 0) is 18.1 Å². The summed E-state index contributed by atoms with van der Waals surface area (Å²) in [7, 11) is 1.26. The minimum atomic E-state index is -1.74. The zero-order valence-corrected chi connectivity index (χ0v) is 16.8. The van der Waals surface area contributed by atoms with E-state index < -0.39 is 29.7 Å². The van der Waals surface area contributed by atoms with Crippen molar-refractivity contribution in [2.45, 2.75) is 25.3 Å². The van der Waals surface area contributed by atoms with Crippen LogP contribution in [0, 0.1) is 0 Å². The third kappa shape index (κ3) is 3.30. The fourth-order valence-electron chi connectivity index (χ4n) is 3.05. The largest absolute Gasteiger partial charge is 1.00 e. The predicted octanol–water partition coefficient (Wildman–Crippen LogP) is -4.09. The van der Waals surface area contributed by atoms with E-state index in [1.807, 2.05) is 6.07 Å². The monoisotopic (exact) mass is 368 g/mol. The molecule has 2 aliphatic rings. The average molecular weight is 368 g/mol. The number of β-lactam (4-membered cyclic amide) rings is 1. The summed E-state index contributed by atoms with van der Waals surface area (Å²) in [5.74, 6) is -2.62. The van der Waals surface area contributed by atoms with Crippen molar-refractivity contribution in [2.24, 2.45) is 0 Å². The van der Waals surface area contributed by atoms with Crippen molar-refractivity contribution in [1.82, 2.24) is 10.2 Å². The summed E-state index contributed by atoms with van der Waals surface area (Å²) in [5.41, 5.74) is -0.852. The van der Waals surface area contributed by atoms with Crippen LogP contribution in [0.2, 0.25) is 0 Å². The number of fused-ring (bicyclic) bond motifs is 1. The average Bonchev–Trinajstić information content (AvgIpc) is 2.59. The van der Waals surface area contributed by atoms with E-state index in [-0.39, 0.29) is 48.3 Å². The van der Waals surface area contributed by atoms with Crippen LogP contribution >= 0.6 is 0 Å². The molecule has 0 aromatic heterocycles. The summed E-state index contributed by atoms with van der Waals surface area (Å²) in [5, 5.41) is 13.9. The topological polar surface area (TPSA) is 108 Å². The number of benzene rings is 1. The molecular formula is C17H17N2NaO6. The molecule has 0 unspecified atom stereocenters. The Morgan fingerprint density at radius 1 is 1.38 bits per heavy atom. The SMILES string of the molecule is CO[C@@]1(NC(=O)Cc2ccccc2)C(=O)N2C(C(=O)[O-])=C(C)CO[C@@H]21.[Na+]. The molecule has 0 spiro atoms. The molecule has 3 rings (SSSR count). The zero-order valence-electron chi connectivity index (χ0n) is 14.8. The van der Waals surface area contributed by atoms with Gasteiger partial charge in [0.25, 0.3) is 11.6 Å². The molecule has 2 amide bonds. The first-order chi connectivity index (χ1) is 11.9. The Kier molecular flexibility index (Phi) is 6.25. The summed E-state index contributed by atoms with van der Waals surface area (Å²) in [6.45, 7) is 1.53. The van der Waals surface area contributed by atoms with Gasteiger partial charge in [0.05, 0.1) is 24.7 Å². The predicted molar refractivity (Wildman–Crippen MR) is 82.3 cm³/mol. The molecule has 0 radical (unpaired) electrons. The van der Waals surface area contributed by atoms with Gasteiger partial charge >= 0.3 is 29.6 Å². The Hall–Kier alpha value is -1.71. The summed E-state index contributed by atoms with van der Waals surface area (Å²) in [6, 6.07) is 9.00. The second-order valence-corrected chi connectivity index (χ2v) is 5.91. The molecule has 1 fully saturated rings. The van der Waals surface area contributed by atoms with Crippen LogP contribution in [-0.4, -0.2) is 48.4 Å². The second-order valence-electron chi connectivity index (χ2n) is 5.91. The first kappa shape index (κ1) is 20.6. The maximum Gasteiger partial charge on any atom is 1.00 e. The van der Waals surface area contributed by atoms with Gasteiger partial charge in [0.15, 0.2) is 6.23 Å². The van der Waals surface area contributed by atoms with Crippen LogP contribution in [0.4, 0.5) is 0 Å². The van der Waals surface area contributed by atoms with Crippen LogP contribution in [0.3, 0.4) is 0 Å². The van der Waals surface area contributed by atoms with Gasteiger partial charge in [0.1, 0.15) is 0 Å². The molecule has 8 nitrogen and oxygen atoms in total. The summed E-state index contributed by atoms with van der Waals surface area (Å²) >= 11 is 0.